The minimum atomic E-state index is -0.115. The summed E-state index contributed by atoms with van der Waals surface area (Å²) in [5.41, 5.74) is 2.26. The second kappa shape index (κ2) is 7.97. The fraction of sp³-hybridized carbons (Fsp3) is 0.222. The first-order valence-corrected chi connectivity index (χ1v) is 7.22. The number of likely N-dealkylation sites (N-methyl/N-ethyl adjacent to an activating group) is 1. The molecule has 0 saturated carbocycles. The van der Waals surface area contributed by atoms with Gasteiger partial charge in [0.15, 0.2) is 0 Å². The fourth-order valence-corrected chi connectivity index (χ4v) is 2.21. The van der Waals surface area contributed by atoms with Gasteiger partial charge >= 0.3 is 0 Å². The van der Waals surface area contributed by atoms with Crippen LogP contribution < -0.4 is 10.1 Å². The molecule has 5 heteroatoms. The lowest BCUT2D eigenvalue weighted by molar-refractivity contribution is -0.117. The first kappa shape index (κ1) is 16.5. The van der Waals surface area contributed by atoms with E-state index in [0.717, 1.165) is 11.3 Å². The van der Waals surface area contributed by atoms with Crippen molar-refractivity contribution in [2.45, 2.75) is 6.54 Å². The summed E-state index contributed by atoms with van der Waals surface area (Å²) in [7, 11) is 3.52. The number of benzene rings is 2. The first-order chi connectivity index (χ1) is 11.1. The van der Waals surface area contributed by atoms with Crippen molar-refractivity contribution in [2.24, 2.45) is 0 Å². The summed E-state index contributed by atoms with van der Waals surface area (Å²) in [6.07, 6.45) is 0. The third-order valence-electron chi connectivity index (χ3n) is 3.30. The maximum Gasteiger partial charge on any atom is 0.238 e. The van der Waals surface area contributed by atoms with Crippen LogP contribution in [0.25, 0.3) is 0 Å². The average molecular weight is 309 g/mol. The molecule has 2 rings (SSSR count). The van der Waals surface area contributed by atoms with Gasteiger partial charge in [0.05, 0.1) is 25.3 Å². The van der Waals surface area contributed by atoms with E-state index in [2.05, 4.69) is 11.4 Å². The number of nitrogens with zero attached hydrogens (tertiary/aromatic N) is 2. The number of nitriles is 1. The van der Waals surface area contributed by atoms with Gasteiger partial charge in [0.1, 0.15) is 5.75 Å². The van der Waals surface area contributed by atoms with Crippen LogP contribution in [0.15, 0.2) is 48.5 Å². The van der Waals surface area contributed by atoms with E-state index in [1.165, 1.54) is 0 Å². The lowest BCUT2D eigenvalue weighted by Gasteiger charge is -2.16. The summed E-state index contributed by atoms with van der Waals surface area (Å²) >= 11 is 0. The van der Waals surface area contributed by atoms with Crippen molar-refractivity contribution in [3.8, 4) is 11.8 Å². The smallest absolute Gasteiger partial charge is 0.238 e. The number of anilines is 1. The predicted molar refractivity (Wildman–Crippen MR) is 89.1 cm³/mol. The van der Waals surface area contributed by atoms with E-state index >= 15 is 0 Å². The maximum atomic E-state index is 12.1. The Morgan fingerprint density at radius 3 is 2.65 bits per heavy atom. The molecule has 5 nitrogen and oxygen atoms in total. The number of carbonyl (C=O) groups excluding carboxylic acids is 1. The van der Waals surface area contributed by atoms with Gasteiger partial charge in [0.25, 0.3) is 0 Å². The third kappa shape index (κ3) is 5.13. The van der Waals surface area contributed by atoms with Crippen LogP contribution in [-0.2, 0) is 11.3 Å². The molecule has 0 heterocycles. The molecule has 23 heavy (non-hydrogen) atoms. The van der Waals surface area contributed by atoms with Crippen LogP contribution in [-0.4, -0.2) is 31.5 Å². The van der Waals surface area contributed by atoms with Gasteiger partial charge in [-0.25, -0.2) is 0 Å². The average Bonchev–Trinajstić information content (AvgIpc) is 2.55. The molecule has 0 aliphatic carbocycles. The van der Waals surface area contributed by atoms with Crippen LogP contribution in [0.5, 0.6) is 5.75 Å². The highest BCUT2D eigenvalue weighted by atomic mass is 16.5. The molecular weight excluding hydrogens is 290 g/mol. The molecule has 0 radical (unpaired) electrons. The second-order valence-electron chi connectivity index (χ2n) is 5.26. The van der Waals surface area contributed by atoms with E-state index in [1.54, 1.807) is 31.4 Å². The SMILES string of the molecule is COc1ccc(CN(C)CC(=O)Nc2cccc(C#N)c2)cc1. The van der Waals surface area contributed by atoms with Gasteiger partial charge in [-0.15, -0.1) is 0 Å². The molecule has 118 valence electrons. The molecule has 0 saturated heterocycles. The fourth-order valence-electron chi connectivity index (χ4n) is 2.21. The topological polar surface area (TPSA) is 65.4 Å². The zero-order chi connectivity index (χ0) is 16.7. The second-order valence-corrected chi connectivity index (χ2v) is 5.26. The van der Waals surface area contributed by atoms with Crippen molar-refractivity contribution in [3.05, 3.63) is 59.7 Å². The molecule has 0 bridgehead atoms. The third-order valence-corrected chi connectivity index (χ3v) is 3.30. The lowest BCUT2D eigenvalue weighted by Crippen LogP contribution is -2.29. The number of hydrogen-bond acceptors (Lipinski definition) is 4. The summed E-state index contributed by atoms with van der Waals surface area (Å²) in [5, 5.41) is 11.7. The van der Waals surface area contributed by atoms with E-state index in [-0.39, 0.29) is 12.5 Å². The summed E-state index contributed by atoms with van der Waals surface area (Å²) in [6, 6.07) is 16.7. The van der Waals surface area contributed by atoms with E-state index in [0.29, 0.717) is 17.8 Å². The molecule has 2 aromatic carbocycles. The minimum absolute atomic E-state index is 0.115. The number of nitrogens with one attached hydrogen (secondary N) is 1. The molecular formula is C18H19N3O2. The largest absolute Gasteiger partial charge is 0.497 e. The molecule has 2 aromatic rings. The molecule has 0 atom stereocenters. The minimum Gasteiger partial charge on any atom is -0.497 e. The number of methoxy groups -OCH3 is 1. The summed E-state index contributed by atoms with van der Waals surface area (Å²) < 4.78 is 5.12. The summed E-state index contributed by atoms with van der Waals surface area (Å²) in [5.74, 6) is 0.697. The van der Waals surface area contributed by atoms with Crippen molar-refractivity contribution >= 4 is 11.6 Å². The van der Waals surface area contributed by atoms with Crippen LogP contribution in [0.4, 0.5) is 5.69 Å². The number of ether oxygens (including phenoxy) is 1. The van der Waals surface area contributed by atoms with Gasteiger partial charge in [-0.2, -0.15) is 5.26 Å². The van der Waals surface area contributed by atoms with Gasteiger partial charge in [0, 0.05) is 12.2 Å². The van der Waals surface area contributed by atoms with Crippen LogP contribution >= 0.6 is 0 Å². The zero-order valence-corrected chi connectivity index (χ0v) is 13.2. The Labute approximate surface area is 136 Å². The highest BCUT2D eigenvalue weighted by molar-refractivity contribution is 5.92. The number of rotatable bonds is 6. The molecule has 0 unspecified atom stereocenters. The molecule has 1 N–H and O–H groups in total. The predicted octanol–water partition coefficient (Wildman–Crippen LogP) is 2.64. The number of carbonyl (C=O) groups is 1. The van der Waals surface area contributed by atoms with E-state index < -0.39 is 0 Å². The Kier molecular flexibility index (Phi) is 5.73. The molecule has 0 spiro atoms. The monoisotopic (exact) mass is 309 g/mol. The highest BCUT2D eigenvalue weighted by Crippen LogP contribution is 2.13. The Morgan fingerprint density at radius 1 is 1.26 bits per heavy atom. The molecule has 0 aliphatic heterocycles. The van der Waals surface area contributed by atoms with Gasteiger partial charge < -0.3 is 10.1 Å². The highest BCUT2D eigenvalue weighted by Gasteiger charge is 2.08. The van der Waals surface area contributed by atoms with E-state index in [4.69, 9.17) is 10.00 Å². The van der Waals surface area contributed by atoms with Crippen molar-refractivity contribution in [2.75, 3.05) is 26.0 Å². The Morgan fingerprint density at radius 2 is 2.00 bits per heavy atom. The van der Waals surface area contributed by atoms with Crippen LogP contribution in [0, 0.1) is 11.3 Å². The Hall–Kier alpha value is -2.84. The van der Waals surface area contributed by atoms with Gasteiger partial charge in [-0.3, -0.25) is 9.69 Å². The molecule has 0 fully saturated rings. The van der Waals surface area contributed by atoms with E-state index in [9.17, 15) is 4.79 Å². The maximum absolute atomic E-state index is 12.1. The van der Waals surface area contributed by atoms with Crippen LogP contribution in [0.1, 0.15) is 11.1 Å². The van der Waals surface area contributed by atoms with Gasteiger partial charge in [-0.05, 0) is 42.9 Å². The Bertz CT molecular complexity index is 705. The van der Waals surface area contributed by atoms with Crippen molar-refractivity contribution in [1.29, 1.82) is 5.26 Å². The normalized spacial score (nSPS) is 10.2. The van der Waals surface area contributed by atoms with Crippen LogP contribution in [0.2, 0.25) is 0 Å². The van der Waals surface area contributed by atoms with Crippen molar-refractivity contribution in [3.63, 3.8) is 0 Å². The number of amides is 1. The van der Waals surface area contributed by atoms with Crippen molar-refractivity contribution < 1.29 is 9.53 Å². The van der Waals surface area contributed by atoms with Crippen molar-refractivity contribution in [1.82, 2.24) is 4.90 Å². The first-order valence-electron chi connectivity index (χ1n) is 7.22. The standard InChI is InChI=1S/C18H19N3O2/c1-21(12-14-6-8-17(23-2)9-7-14)13-18(22)20-16-5-3-4-15(10-16)11-19/h3-10H,12-13H2,1-2H3,(H,20,22). The Balaban J connectivity index is 1.87. The zero-order valence-electron chi connectivity index (χ0n) is 13.2. The molecule has 0 aromatic heterocycles. The lowest BCUT2D eigenvalue weighted by atomic mass is 10.2. The summed E-state index contributed by atoms with van der Waals surface area (Å²) in [6.45, 7) is 0.929. The van der Waals surface area contributed by atoms with E-state index in [1.807, 2.05) is 36.2 Å². The van der Waals surface area contributed by atoms with Crippen LogP contribution in [0.3, 0.4) is 0 Å². The molecule has 1 amide bonds. The summed E-state index contributed by atoms with van der Waals surface area (Å²) in [4.78, 5) is 14.0. The molecule has 0 aliphatic rings. The van der Waals surface area contributed by atoms with Gasteiger partial charge in [0.2, 0.25) is 5.91 Å². The number of hydrogen-bond donors (Lipinski definition) is 1. The quantitative estimate of drug-likeness (QED) is 0.891. The van der Waals surface area contributed by atoms with Gasteiger partial charge in [-0.1, -0.05) is 18.2 Å².